The van der Waals surface area contributed by atoms with Gasteiger partial charge >= 0.3 is 5.97 Å². The molecule has 3 rings (SSSR count). The van der Waals surface area contributed by atoms with Crippen LogP contribution in [0, 0.1) is 11.6 Å². The first-order valence-electron chi connectivity index (χ1n) is 9.26. The van der Waals surface area contributed by atoms with Crippen LogP contribution in [0.25, 0.3) is 12.2 Å². The average Bonchev–Trinajstić information content (AvgIpc) is 2.97. The van der Waals surface area contributed by atoms with E-state index in [0.717, 1.165) is 28.0 Å². The third-order valence-corrected chi connectivity index (χ3v) is 5.08. The molecule has 0 spiro atoms. The highest BCUT2D eigenvalue weighted by Crippen LogP contribution is 2.09. The lowest BCUT2D eigenvalue weighted by Crippen LogP contribution is -2.36. The molecule has 0 radical (unpaired) electrons. The van der Waals surface area contributed by atoms with E-state index in [4.69, 9.17) is 4.74 Å². The van der Waals surface area contributed by atoms with E-state index in [0.29, 0.717) is 5.56 Å². The molecule has 0 aliphatic heterocycles. The summed E-state index contributed by atoms with van der Waals surface area (Å²) in [7, 11) is 0. The first-order valence-corrected chi connectivity index (χ1v) is 10.1. The van der Waals surface area contributed by atoms with Gasteiger partial charge in [0.15, 0.2) is 0 Å². The van der Waals surface area contributed by atoms with Crippen LogP contribution < -0.4 is 20.1 Å². The molecule has 0 saturated carbocycles. The fourth-order valence-corrected chi connectivity index (χ4v) is 3.77. The van der Waals surface area contributed by atoms with E-state index in [2.05, 4.69) is 5.32 Å². The van der Waals surface area contributed by atoms with Crippen LogP contribution >= 0.6 is 11.3 Å². The number of nitrogens with one attached hydrogen (secondary N) is 1. The van der Waals surface area contributed by atoms with E-state index in [1.54, 1.807) is 13.0 Å². The minimum absolute atomic E-state index is 0.146. The third kappa shape index (κ3) is 5.95. The molecule has 9 heteroatoms. The summed E-state index contributed by atoms with van der Waals surface area (Å²) in [5.74, 6) is -2.23. The van der Waals surface area contributed by atoms with Crippen molar-refractivity contribution < 1.29 is 23.1 Å². The van der Waals surface area contributed by atoms with Gasteiger partial charge in [-0.2, -0.15) is 0 Å². The number of rotatable bonds is 6. The number of benzene rings is 2. The molecule has 6 nitrogen and oxygen atoms in total. The fraction of sp³-hybridized carbons (Fsp3) is 0.136. The first-order chi connectivity index (χ1) is 14.9. The van der Waals surface area contributed by atoms with E-state index in [1.807, 2.05) is 0 Å². The summed E-state index contributed by atoms with van der Waals surface area (Å²) >= 11 is 0.968. The van der Waals surface area contributed by atoms with Crippen molar-refractivity contribution in [3.05, 3.63) is 85.3 Å². The molecule has 0 aliphatic carbocycles. The van der Waals surface area contributed by atoms with Gasteiger partial charge in [-0.3, -0.25) is 14.2 Å². The Morgan fingerprint density at radius 2 is 1.84 bits per heavy atom. The smallest absolute Gasteiger partial charge is 0.333 e. The van der Waals surface area contributed by atoms with Gasteiger partial charge in [0.2, 0.25) is 5.91 Å². The topological polar surface area (TPSA) is 77.4 Å². The highest BCUT2D eigenvalue weighted by Gasteiger charge is 2.12. The van der Waals surface area contributed by atoms with E-state index in [1.165, 1.54) is 42.5 Å². The zero-order valence-corrected chi connectivity index (χ0v) is 17.2. The number of amides is 1. The molecule has 1 N–H and O–H groups in total. The molecule has 3 aromatic rings. The molecule has 0 aliphatic rings. The summed E-state index contributed by atoms with van der Waals surface area (Å²) in [6.45, 7) is 1.38. The molecule has 1 heterocycles. The SMILES string of the molecule is CCOC(=O)/C=c1\s/c(=C\c2cccc(F)c2)c(=O)n1CC(=O)Nc1cccc(F)c1. The second-order valence-electron chi connectivity index (χ2n) is 6.35. The Kier molecular flexibility index (Phi) is 7.09. The summed E-state index contributed by atoms with van der Waals surface area (Å²) in [4.78, 5) is 37.3. The number of hydrogen-bond acceptors (Lipinski definition) is 5. The Morgan fingerprint density at radius 3 is 2.52 bits per heavy atom. The second kappa shape index (κ2) is 9.94. The maximum Gasteiger partial charge on any atom is 0.333 e. The molecule has 1 aromatic heterocycles. The van der Waals surface area contributed by atoms with Gasteiger partial charge in [0.1, 0.15) is 22.8 Å². The van der Waals surface area contributed by atoms with Crippen LogP contribution in [-0.2, 0) is 20.9 Å². The van der Waals surface area contributed by atoms with Crippen LogP contribution in [0.5, 0.6) is 0 Å². The van der Waals surface area contributed by atoms with E-state index in [9.17, 15) is 23.2 Å². The maximum absolute atomic E-state index is 13.5. The van der Waals surface area contributed by atoms with Crippen molar-refractivity contribution in [2.75, 3.05) is 11.9 Å². The summed E-state index contributed by atoms with van der Waals surface area (Å²) in [6, 6.07) is 11.0. The van der Waals surface area contributed by atoms with Crippen LogP contribution in [0.1, 0.15) is 12.5 Å². The minimum Gasteiger partial charge on any atom is -0.463 e. The Hall–Kier alpha value is -3.59. The van der Waals surface area contributed by atoms with Crippen molar-refractivity contribution in [1.82, 2.24) is 4.57 Å². The zero-order chi connectivity index (χ0) is 22.4. The number of carbonyl (C=O) groups is 2. The van der Waals surface area contributed by atoms with Crippen molar-refractivity contribution >= 4 is 41.1 Å². The monoisotopic (exact) mass is 444 g/mol. The number of aromatic nitrogens is 1. The molecule has 160 valence electrons. The van der Waals surface area contributed by atoms with Crippen molar-refractivity contribution in [3.63, 3.8) is 0 Å². The van der Waals surface area contributed by atoms with Gasteiger partial charge in [-0.15, -0.1) is 11.3 Å². The van der Waals surface area contributed by atoms with Crippen molar-refractivity contribution in [2.24, 2.45) is 0 Å². The molecule has 0 bridgehead atoms. The highest BCUT2D eigenvalue weighted by atomic mass is 32.1. The number of ether oxygens (including phenoxy) is 1. The molecule has 2 aromatic carbocycles. The lowest BCUT2D eigenvalue weighted by atomic mass is 10.2. The average molecular weight is 444 g/mol. The third-order valence-electron chi connectivity index (χ3n) is 4.02. The largest absolute Gasteiger partial charge is 0.463 e. The number of anilines is 1. The Balaban J connectivity index is 2.00. The predicted octanol–water partition coefficient (Wildman–Crippen LogP) is 2.00. The number of hydrogen-bond donors (Lipinski definition) is 1. The van der Waals surface area contributed by atoms with Gasteiger partial charge in [-0.1, -0.05) is 18.2 Å². The molecular formula is C22H18F2N2O4S. The fourth-order valence-electron chi connectivity index (χ4n) is 2.74. The number of halogens is 2. The zero-order valence-electron chi connectivity index (χ0n) is 16.4. The van der Waals surface area contributed by atoms with Crippen LogP contribution in [0.4, 0.5) is 14.5 Å². The standard InChI is InChI=1S/C22H18F2N2O4S/c1-2-30-21(28)12-20-26(13-19(27)25-17-8-4-7-16(24)11-17)22(29)18(31-20)10-14-5-3-6-15(23)9-14/h3-12H,2,13H2,1H3,(H,25,27)/b18-10-,20-12-. The van der Waals surface area contributed by atoms with Gasteiger partial charge < -0.3 is 10.1 Å². The Labute approximate surface area is 179 Å². The van der Waals surface area contributed by atoms with Gasteiger partial charge in [-0.25, -0.2) is 13.6 Å². The van der Waals surface area contributed by atoms with E-state index < -0.39 is 35.6 Å². The van der Waals surface area contributed by atoms with Gasteiger partial charge in [0.25, 0.3) is 5.56 Å². The van der Waals surface area contributed by atoms with Crippen molar-refractivity contribution in [3.8, 4) is 0 Å². The summed E-state index contributed by atoms with van der Waals surface area (Å²) in [5, 5.41) is 2.51. The molecule has 1 amide bonds. The van der Waals surface area contributed by atoms with Crippen molar-refractivity contribution in [2.45, 2.75) is 13.5 Å². The summed E-state index contributed by atoms with van der Waals surface area (Å²) < 4.78 is 33.2. The molecule has 0 saturated heterocycles. The summed E-state index contributed by atoms with van der Waals surface area (Å²) in [6.07, 6.45) is 2.59. The quantitative estimate of drug-likeness (QED) is 0.590. The molecule has 0 unspecified atom stereocenters. The minimum atomic E-state index is -0.666. The maximum atomic E-state index is 13.5. The normalized spacial score (nSPS) is 12.1. The lowest BCUT2D eigenvalue weighted by molar-refractivity contribution is -0.135. The molecule has 31 heavy (non-hydrogen) atoms. The van der Waals surface area contributed by atoms with Crippen molar-refractivity contribution in [1.29, 1.82) is 0 Å². The van der Waals surface area contributed by atoms with E-state index in [-0.39, 0.29) is 21.5 Å². The molecular weight excluding hydrogens is 426 g/mol. The molecule has 0 atom stereocenters. The van der Waals surface area contributed by atoms with Crippen LogP contribution in [-0.4, -0.2) is 23.1 Å². The molecule has 0 fully saturated rings. The number of nitrogens with zero attached hydrogens (tertiary/aromatic N) is 1. The summed E-state index contributed by atoms with van der Waals surface area (Å²) in [5.41, 5.74) is 0.160. The first kappa shape index (κ1) is 22.1. The second-order valence-corrected chi connectivity index (χ2v) is 7.41. The predicted molar refractivity (Wildman–Crippen MR) is 114 cm³/mol. The number of esters is 1. The van der Waals surface area contributed by atoms with Crippen LogP contribution in [0.3, 0.4) is 0 Å². The van der Waals surface area contributed by atoms with Crippen LogP contribution in [0.15, 0.2) is 53.3 Å². The Morgan fingerprint density at radius 1 is 1.13 bits per heavy atom. The Bertz CT molecular complexity index is 1300. The van der Waals surface area contributed by atoms with Crippen LogP contribution in [0.2, 0.25) is 0 Å². The van der Waals surface area contributed by atoms with Gasteiger partial charge in [0, 0.05) is 5.69 Å². The van der Waals surface area contributed by atoms with Gasteiger partial charge in [-0.05, 0) is 48.9 Å². The lowest BCUT2D eigenvalue weighted by Gasteiger charge is -2.06. The van der Waals surface area contributed by atoms with Gasteiger partial charge in [0.05, 0.1) is 17.2 Å². The number of thiazole rings is 1. The van der Waals surface area contributed by atoms with E-state index >= 15 is 0 Å². The highest BCUT2D eigenvalue weighted by molar-refractivity contribution is 7.07. The number of carbonyl (C=O) groups excluding carboxylic acids is 2.